The second-order valence-electron chi connectivity index (χ2n) is 6.39. The highest BCUT2D eigenvalue weighted by Crippen LogP contribution is 2.43. The Hall–Kier alpha value is -1.68. The van der Waals surface area contributed by atoms with E-state index in [0.29, 0.717) is 0 Å². The molecule has 2 heterocycles. The molecule has 0 aliphatic carbocycles. The number of benzene rings is 1. The van der Waals surface area contributed by atoms with Gasteiger partial charge in [0.1, 0.15) is 17.0 Å². The van der Waals surface area contributed by atoms with Gasteiger partial charge in [-0.15, -0.1) is 6.58 Å². The smallest absolute Gasteiger partial charge is 0.145 e. The molecule has 0 bridgehead atoms. The summed E-state index contributed by atoms with van der Waals surface area (Å²) in [7, 11) is 0. The topological polar surface area (TPSA) is 27.7 Å². The number of hydrogen-bond acceptors (Lipinski definition) is 4. The number of nitrogens with one attached hydrogen (secondary N) is 1. The molecule has 1 N–H and O–H groups in total. The van der Waals surface area contributed by atoms with Gasteiger partial charge in [-0.2, -0.15) is 0 Å². The van der Waals surface area contributed by atoms with E-state index >= 15 is 0 Å². The van der Waals surface area contributed by atoms with Gasteiger partial charge in [-0.05, 0) is 26.0 Å². The molecule has 4 heteroatoms. The van der Waals surface area contributed by atoms with Crippen molar-refractivity contribution in [1.82, 2.24) is 5.32 Å². The van der Waals surface area contributed by atoms with Gasteiger partial charge in [0.25, 0.3) is 0 Å². The van der Waals surface area contributed by atoms with Crippen molar-refractivity contribution < 1.29 is 4.74 Å². The molecule has 0 radical (unpaired) electrons. The Labute approximate surface area is 127 Å². The van der Waals surface area contributed by atoms with Gasteiger partial charge in [0, 0.05) is 32.7 Å². The second kappa shape index (κ2) is 5.60. The van der Waals surface area contributed by atoms with Gasteiger partial charge < -0.3 is 19.9 Å². The number of para-hydroxylation sites is 1. The summed E-state index contributed by atoms with van der Waals surface area (Å²) in [4.78, 5) is 4.84. The van der Waals surface area contributed by atoms with Crippen LogP contribution in [-0.2, 0) is 0 Å². The first kappa shape index (κ1) is 14.3. The first-order valence-electron chi connectivity index (χ1n) is 7.74. The van der Waals surface area contributed by atoms with Crippen LogP contribution in [0.4, 0.5) is 11.4 Å². The second-order valence-corrected chi connectivity index (χ2v) is 6.39. The number of piperazine rings is 1. The normalized spacial score (nSPS) is 20.7. The largest absolute Gasteiger partial charge is 0.484 e. The minimum Gasteiger partial charge on any atom is -0.484 e. The van der Waals surface area contributed by atoms with Crippen LogP contribution >= 0.6 is 0 Å². The number of rotatable bonds is 3. The van der Waals surface area contributed by atoms with E-state index in [1.54, 1.807) is 0 Å². The van der Waals surface area contributed by atoms with Gasteiger partial charge in [-0.3, -0.25) is 0 Å². The average Bonchev–Trinajstić information content (AvgIpc) is 2.46. The Morgan fingerprint density at radius 3 is 2.81 bits per heavy atom. The van der Waals surface area contributed by atoms with E-state index in [2.05, 4.69) is 53.7 Å². The highest BCUT2D eigenvalue weighted by molar-refractivity contribution is 5.79. The predicted molar refractivity (Wildman–Crippen MR) is 88.6 cm³/mol. The summed E-state index contributed by atoms with van der Waals surface area (Å²) in [6, 6.07) is 6.39. The van der Waals surface area contributed by atoms with Crippen LogP contribution in [0.5, 0.6) is 5.75 Å². The molecule has 1 saturated heterocycles. The molecule has 0 spiro atoms. The lowest BCUT2D eigenvalue weighted by Crippen LogP contribution is -2.49. The molecule has 21 heavy (non-hydrogen) atoms. The SMILES string of the molecule is C=CCN1CC(C)(C)Oc2cccc(N3CCNCC3)c21. The van der Waals surface area contributed by atoms with Gasteiger partial charge in [-0.25, -0.2) is 0 Å². The van der Waals surface area contributed by atoms with Crippen LogP contribution in [0.25, 0.3) is 0 Å². The summed E-state index contributed by atoms with van der Waals surface area (Å²) in [6.07, 6.45) is 1.97. The van der Waals surface area contributed by atoms with Crippen LogP contribution in [0.15, 0.2) is 30.9 Å². The molecule has 1 fully saturated rings. The van der Waals surface area contributed by atoms with E-state index in [1.165, 1.54) is 11.4 Å². The van der Waals surface area contributed by atoms with E-state index in [1.807, 2.05) is 6.08 Å². The average molecular weight is 287 g/mol. The summed E-state index contributed by atoms with van der Waals surface area (Å²) in [5.74, 6) is 0.990. The molecule has 0 atom stereocenters. The number of nitrogens with zero attached hydrogens (tertiary/aromatic N) is 2. The van der Waals surface area contributed by atoms with Crippen molar-refractivity contribution in [2.75, 3.05) is 49.1 Å². The van der Waals surface area contributed by atoms with Crippen LogP contribution in [0, 0.1) is 0 Å². The highest BCUT2D eigenvalue weighted by Gasteiger charge is 2.33. The molecular formula is C17H25N3O. The standard InChI is InChI=1S/C17H25N3O/c1-4-10-20-13-17(2,3)21-15-7-5-6-14(16(15)20)19-11-8-18-9-12-19/h4-7,18H,1,8-13H2,2-3H3. The van der Waals surface area contributed by atoms with Crippen LogP contribution in [0.2, 0.25) is 0 Å². The highest BCUT2D eigenvalue weighted by atomic mass is 16.5. The third kappa shape index (κ3) is 2.86. The Morgan fingerprint density at radius 2 is 2.10 bits per heavy atom. The third-order valence-corrected chi connectivity index (χ3v) is 4.06. The molecule has 0 unspecified atom stereocenters. The molecule has 114 valence electrons. The van der Waals surface area contributed by atoms with Crippen molar-refractivity contribution in [3.8, 4) is 5.75 Å². The minimum absolute atomic E-state index is 0.169. The fourth-order valence-electron chi connectivity index (χ4n) is 3.25. The number of fused-ring (bicyclic) bond motifs is 1. The van der Waals surface area contributed by atoms with Crippen LogP contribution < -0.4 is 19.9 Å². The Balaban J connectivity index is 2.01. The number of hydrogen-bond donors (Lipinski definition) is 1. The van der Waals surface area contributed by atoms with Gasteiger partial charge >= 0.3 is 0 Å². The maximum atomic E-state index is 6.21. The van der Waals surface area contributed by atoms with E-state index < -0.39 is 0 Å². The first-order chi connectivity index (χ1) is 10.1. The number of ether oxygens (including phenoxy) is 1. The Bertz CT molecular complexity index is 521. The summed E-state index contributed by atoms with van der Waals surface area (Å²) < 4.78 is 6.21. The minimum atomic E-state index is -0.169. The molecular weight excluding hydrogens is 262 g/mol. The van der Waals surface area contributed by atoms with Gasteiger partial charge in [0.05, 0.1) is 12.2 Å². The van der Waals surface area contributed by atoms with E-state index in [4.69, 9.17) is 4.74 Å². The molecule has 2 aliphatic heterocycles. The van der Waals surface area contributed by atoms with Crippen LogP contribution in [-0.4, -0.2) is 44.9 Å². The van der Waals surface area contributed by atoms with Gasteiger partial charge in [0.15, 0.2) is 0 Å². The molecule has 0 aromatic heterocycles. The van der Waals surface area contributed by atoms with Crippen molar-refractivity contribution in [3.05, 3.63) is 30.9 Å². The Kier molecular flexibility index (Phi) is 3.81. The van der Waals surface area contributed by atoms with Crippen molar-refractivity contribution in [3.63, 3.8) is 0 Å². The van der Waals surface area contributed by atoms with Crippen molar-refractivity contribution >= 4 is 11.4 Å². The zero-order chi connectivity index (χ0) is 14.9. The fourth-order valence-corrected chi connectivity index (χ4v) is 3.25. The molecule has 1 aromatic rings. The maximum Gasteiger partial charge on any atom is 0.145 e. The predicted octanol–water partition coefficient (Wildman–Crippen LogP) is 2.26. The van der Waals surface area contributed by atoms with Crippen molar-refractivity contribution in [2.24, 2.45) is 0 Å². The molecule has 1 aromatic carbocycles. The molecule has 3 rings (SSSR count). The Morgan fingerprint density at radius 1 is 1.33 bits per heavy atom. The summed E-state index contributed by atoms with van der Waals surface area (Å²) in [5, 5.41) is 3.41. The lowest BCUT2D eigenvalue weighted by molar-refractivity contribution is 0.106. The fraction of sp³-hybridized carbons (Fsp3) is 0.529. The van der Waals surface area contributed by atoms with Crippen LogP contribution in [0.1, 0.15) is 13.8 Å². The molecule has 4 nitrogen and oxygen atoms in total. The van der Waals surface area contributed by atoms with E-state index in [9.17, 15) is 0 Å². The zero-order valence-electron chi connectivity index (χ0n) is 13.1. The van der Waals surface area contributed by atoms with E-state index in [0.717, 1.165) is 45.0 Å². The lowest BCUT2D eigenvalue weighted by atomic mass is 10.0. The third-order valence-electron chi connectivity index (χ3n) is 4.06. The molecule has 0 saturated carbocycles. The first-order valence-corrected chi connectivity index (χ1v) is 7.74. The van der Waals surface area contributed by atoms with Crippen molar-refractivity contribution in [2.45, 2.75) is 19.4 Å². The van der Waals surface area contributed by atoms with Crippen molar-refractivity contribution in [1.29, 1.82) is 0 Å². The quantitative estimate of drug-likeness (QED) is 0.863. The summed E-state index contributed by atoms with van der Waals surface area (Å²) >= 11 is 0. The molecule has 0 amide bonds. The van der Waals surface area contributed by atoms with Crippen LogP contribution in [0.3, 0.4) is 0 Å². The summed E-state index contributed by atoms with van der Waals surface area (Å²) in [6.45, 7) is 14.1. The zero-order valence-corrected chi connectivity index (χ0v) is 13.1. The van der Waals surface area contributed by atoms with E-state index in [-0.39, 0.29) is 5.60 Å². The van der Waals surface area contributed by atoms with Gasteiger partial charge in [-0.1, -0.05) is 12.1 Å². The molecule has 2 aliphatic rings. The lowest BCUT2D eigenvalue weighted by Gasteiger charge is -2.43. The van der Waals surface area contributed by atoms with Gasteiger partial charge in [0.2, 0.25) is 0 Å². The number of anilines is 2. The summed E-state index contributed by atoms with van der Waals surface area (Å²) in [5.41, 5.74) is 2.34. The monoisotopic (exact) mass is 287 g/mol. The maximum absolute atomic E-state index is 6.21.